The number of aliphatic hydroxyl groups is 1. The van der Waals surface area contributed by atoms with E-state index in [1.165, 1.54) is 16.2 Å². The van der Waals surface area contributed by atoms with Gasteiger partial charge in [-0.15, -0.1) is 0 Å². The Balaban J connectivity index is 1.72. The normalized spacial score (nSPS) is 17.5. The SMILES string of the molecule is COc1ccc(C(O)=C2C(=O)C(=O)N(c3nc4ccc(Cl)cc4s3)C2c2cccc(Br)c2)cc1. The van der Waals surface area contributed by atoms with Crippen LogP contribution in [0.1, 0.15) is 17.2 Å². The van der Waals surface area contributed by atoms with Crippen LogP contribution in [0.4, 0.5) is 5.13 Å². The number of methoxy groups -OCH3 is 1. The molecule has 3 aromatic carbocycles. The molecule has 9 heteroatoms. The molecule has 0 aliphatic carbocycles. The van der Waals surface area contributed by atoms with Crippen LogP contribution in [0.3, 0.4) is 0 Å². The molecule has 1 saturated heterocycles. The Bertz CT molecular complexity index is 1480. The van der Waals surface area contributed by atoms with Crippen LogP contribution in [-0.4, -0.2) is 28.9 Å². The number of aromatic nitrogens is 1. The topological polar surface area (TPSA) is 79.7 Å². The van der Waals surface area contributed by atoms with Crippen molar-refractivity contribution in [3.8, 4) is 5.75 Å². The average Bonchev–Trinajstić information content (AvgIpc) is 3.36. The summed E-state index contributed by atoms with van der Waals surface area (Å²) >= 11 is 10.8. The Morgan fingerprint density at radius 3 is 2.59 bits per heavy atom. The van der Waals surface area contributed by atoms with Crippen molar-refractivity contribution >= 4 is 71.7 Å². The first kappa shape index (κ1) is 22.6. The molecular formula is C25H16BrClN2O4S. The number of carbonyl (C=O) groups excluding carboxylic acids is 2. The van der Waals surface area contributed by atoms with Crippen LogP contribution in [0.5, 0.6) is 5.75 Å². The predicted octanol–water partition coefficient (Wildman–Crippen LogP) is 6.35. The van der Waals surface area contributed by atoms with Gasteiger partial charge in [0.2, 0.25) is 0 Å². The molecule has 1 aliphatic heterocycles. The third kappa shape index (κ3) is 3.87. The van der Waals surface area contributed by atoms with Gasteiger partial charge in [-0.25, -0.2) is 4.98 Å². The largest absolute Gasteiger partial charge is 0.507 e. The molecule has 0 spiro atoms. The molecular weight excluding hydrogens is 540 g/mol. The van der Waals surface area contributed by atoms with Gasteiger partial charge in [0.1, 0.15) is 11.5 Å². The summed E-state index contributed by atoms with van der Waals surface area (Å²) in [6, 6.07) is 18.3. The van der Waals surface area contributed by atoms with Gasteiger partial charge in [-0.3, -0.25) is 14.5 Å². The van der Waals surface area contributed by atoms with Crippen molar-refractivity contribution in [2.75, 3.05) is 12.0 Å². The first-order valence-corrected chi connectivity index (χ1v) is 12.1. The third-order valence-electron chi connectivity index (χ3n) is 5.52. The lowest BCUT2D eigenvalue weighted by Gasteiger charge is -2.23. The van der Waals surface area contributed by atoms with E-state index in [9.17, 15) is 14.7 Å². The zero-order chi connectivity index (χ0) is 24.0. The molecule has 1 aliphatic rings. The lowest BCUT2D eigenvalue weighted by molar-refractivity contribution is -0.132. The second-order valence-corrected chi connectivity index (χ2v) is 9.92. The number of fused-ring (bicyclic) bond motifs is 1. The van der Waals surface area contributed by atoms with E-state index in [0.29, 0.717) is 32.5 Å². The van der Waals surface area contributed by atoms with Crippen LogP contribution in [0.15, 0.2) is 76.8 Å². The summed E-state index contributed by atoms with van der Waals surface area (Å²) in [5.41, 5.74) is 1.70. The summed E-state index contributed by atoms with van der Waals surface area (Å²) < 4.78 is 6.74. The van der Waals surface area contributed by atoms with Crippen molar-refractivity contribution < 1.29 is 19.4 Å². The maximum absolute atomic E-state index is 13.3. The Labute approximate surface area is 212 Å². The summed E-state index contributed by atoms with van der Waals surface area (Å²) in [6.07, 6.45) is 0. The Hall–Kier alpha value is -3.20. The molecule has 2 heterocycles. The highest BCUT2D eigenvalue weighted by Gasteiger charge is 2.48. The maximum Gasteiger partial charge on any atom is 0.301 e. The number of ether oxygens (including phenoxy) is 1. The van der Waals surface area contributed by atoms with Crippen LogP contribution >= 0.6 is 38.9 Å². The highest BCUT2D eigenvalue weighted by atomic mass is 79.9. The highest BCUT2D eigenvalue weighted by Crippen LogP contribution is 2.45. The molecule has 34 heavy (non-hydrogen) atoms. The lowest BCUT2D eigenvalue weighted by Crippen LogP contribution is -2.29. The molecule has 1 fully saturated rings. The van der Waals surface area contributed by atoms with E-state index in [2.05, 4.69) is 20.9 Å². The number of halogens is 2. The minimum Gasteiger partial charge on any atom is -0.507 e. The van der Waals surface area contributed by atoms with Gasteiger partial charge in [0.25, 0.3) is 5.78 Å². The molecule has 1 amide bonds. The Kier molecular flexibility index (Phi) is 5.89. The van der Waals surface area contributed by atoms with Crippen molar-refractivity contribution in [1.82, 2.24) is 4.98 Å². The molecule has 170 valence electrons. The standard InChI is InChI=1S/C25H16BrClN2O4S/c1-33-17-8-5-13(6-9-17)22(30)20-21(14-3-2-4-15(26)11-14)29(24(32)23(20)31)25-28-18-10-7-16(27)12-19(18)34-25/h2-12,21,30H,1H3. The van der Waals surface area contributed by atoms with Crippen molar-refractivity contribution in [2.24, 2.45) is 0 Å². The molecule has 1 N–H and O–H groups in total. The van der Waals surface area contributed by atoms with Gasteiger partial charge in [-0.1, -0.05) is 51.0 Å². The monoisotopic (exact) mass is 554 g/mol. The van der Waals surface area contributed by atoms with Gasteiger partial charge in [0, 0.05) is 15.1 Å². The summed E-state index contributed by atoms with van der Waals surface area (Å²) in [6.45, 7) is 0. The van der Waals surface area contributed by atoms with Crippen LogP contribution < -0.4 is 9.64 Å². The van der Waals surface area contributed by atoms with Crippen molar-refractivity contribution in [1.29, 1.82) is 0 Å². The number of amides is 1. The molecule has 1 unspecified atom stereocenters. The van der Waals surface area contributed by atoms with Gasteiger partial charge in [0.15, 0.2) is 5.13 Å². The zero-order valence-electron chi connectivity index (χ0n) is 17.7. The molecule has 6 nitrogen and oxygen atoms in total. The number of hydrogen-bond acceptors (Lipinski definition) is 6. The van der Waals surface area contributed by atoms with Crippen LogP contribution in [0, 0.1) is 0 Å². The van der Waals surface area contributed by atoms with Gasteiger partial charge in [-0.05, 0) is 60.2 Å². The van der Waals surface area contributed by atoms with E-state index in [0.717, 1.165) is 9.17 Å². The number of thiazole rings is 1. The fraction of sp³-hybridized carbons (Fsp3) is 0.0800. The summed E-state index contributed by atoms with van der Waals surface area (Å²) in [5.74, 6) is -1.20. The fourth-order valence-corrected chi connectivity index (χ4v) is 5.60. The molecule has 5 rings (SSSR count). The van der Waals surface area contributed by atoms with Crippen molar-refractivity contribution in [2.45, 2.75) is 6.04 Å². The molecule has 4 aromatic rings. The van der Waals surface area contributed by atoms with E-state index in [1.54, 1.807) is 55.6 Å². The lowest BCUT2D eigenvalue weighted by atomic mass is 9.95. The first-order chi connectivity index (χ1) is 16.4. The van der Waals surface area contributed by atoms with E-state index < -0.39 is 17.7 Å². The quantitative estimate of drug-likeness (QED) is 0.180. The highest BCUT2D eigenvalue weighted by molar-refractivity contribution is 9.10. The molecule has 1 aromatic heterocycles. The summed E-state index contributed by atoms with van der Waals surface area (Å²) in [7, 11) is 1.54. The molecule has 0 bridgehead atoms. The van der Waals surface area contributed by atoms with E-state index in [-0.39, 0.29) is 11.3 Å². The molecule has 0 saturated carbocycles. The van der Waals surface area contributed by atoms with Crippen LogP contribution in [-0.2, 0) is 9.59 Å². The van der Waals surface area contributed by atoms with Gasteiger partial charge in [0.05, 0.1) is 28.9 Å². The van der Waals surface area contributed by atoms with Crippen LogP contribution in [0.25, 0.3) is 16.0 Å². The van der Waals surface area contributed by atoms with Gasteiger partial charge >= 0.3 is 5.91 Å². The number of Topliss-reactive ketones (excluding diaryl/α,β-unsaturated/α-hetero) is 1. The first-order valence-electron chi connectivity index (χ1n) is 10.1. The summed E-state index contributed by atoms with van der Waals surface area (Å²) in [5, 5.41) is 12.1. The van der Waals surface area contributed by atoms with E-state index >= 15 is 0 Å². The maximum atomic E-state index is 13.3. The minimum atomic E-state index is -0.865. The molecule has 1 atom stereocenters. The van der Waals surface area contributed by atoms with Crippen molar-refractivity contribution in [3.05, 3.63) is 92.9 Å². The smallest absolute Gasteiger partial charge is 0.301 e. The number of benzene rings is 3. The van der Waals surface area contributed by atoms with Gasteiger partial charge in [-0.2, -0.15) is 0 Å². The average molecular weight is 556 g/mol. The second kappa shape index (κ2) is 8.87. The fourth-order valence-electron chi connectivity index (χ4n) is 3.92. The molecule has 0 radical (unpaired) electrons. The van der Waals surface area contributed by atoms with Crippen molar-refractivity contribution in [3.63, 3.8) is 0 Å². The second-order valence-electron chi connectivity index (χ2n) is 7.56. The number of hydrogen-bond donors (Lipinski definition) is 1. The Morgan fingerprint density at radius 2 is 1.88 bits per heavy atom. The number of ketones is 1. The number of anilines is 1. The van der Waals surface area contributed by atoms with E-state index in [1.807, 2.05) is 18.2 Å². The Morgan fingerprint density at radius 1 is 1.12 bits per heavy atom. The summed E-state index contributed by atoms with van der Waals surface area (Å²) in [4.78, 5) is 32.5. The van der Waals surface area contributed by atoms with Gasteiger partial charge < -0.3 is 9.84 Å². The number of aliphatic hydroxyl groups excluding tert-OH is 1. The minimum absolute atomic E-state index is 0.00875. The number of carbonyl (C=O) groups is 2. The number of nitrogens with zero attached hydrogens (tertiary/aromatic N) is 2. The van der Waals surface area contributed by atoms with E-state index in [4.69, 9.17) is 16.3 Å². The predicted molar refractivity (Wildman–Crippen MR) is 137 cm³/mol. The van der Waals surface area contributed by atoms with Crippen LogP contribution in [0.2, 0.25) is 5.02 Å². The number of rotatable bonds is 4. The zero-order valence-corrected chi connectivity index (χ0v) is 20.8. The third-order valence-corrected chi connectivity index (χ3v) is 7.26.